The first-order valence-electron chi connectivity index (χ1n) is 5.24. The molecule has 0 fully saturated rings. The van der Waals surface area contributed by atoms with Crippen molar-refractivity contribution in [2.75, 3.05) is 0 Å². The van der Waals surface area contributed by atoms with Crippen molar-refractivity contribution >= 4 is 29.3 Å². The number of hydrogen-bond acceptors (Lipinski definition) is 4. The molecule has 0 amide bonds. The average molecular weight is 230 g/mol. The number of aromatic nitrogens is 3. The maximum atomic E-state index is 4.94. The van der Waals surface area contributed by atoms with Gasteiger partial charge in [-0.15, -0.1) is 0 Å². The SMILES string of the molecule is CCC1C=CC=C2C1=Nc1nc(=S)[nH]nc12. The summed E-state index contributed by atoms with van der Waals surface area (Å²) in [6, 6.07) is 0. The van der Waals surface area contributed by atoms with E-state index in [0.29, 0.717) is 16.5 Å². The molecule has 1 atom stereocenters. The molecule has 1 unspecified atom stereocenters. The first-order chi connectivity index (χ1) is 7.79. The van der Waals surface area contributed by atoms with E-state index in [2.05, 4.69) is 39.2 Å². The molecule has 0 bridgehead atoms. The number of aromatic amines is 1. The normalized spacial score (nSPS) is 21.2. The number of rotatable bonds is 1. The van der Waals surface area contributed by atoms with E-state index in [9.17, 15) is 0 Å². The van der Waals surface area contributed by atoms with Gasteiger partial charge in [-0.25, -0.2) is 4.99 Å². The number of nitrogens with one attached hydrogen (secondary N) is 1. The zero-order valence-corrected chi connectivity index (χ0v) is 9.58. The van der Waals surface area contributed by atoms with Gasteiger partial charge in [-0.3, -0.25) is 5.10 Å². The molecule has 0 radical (unpaired) electrons. The Bertz CT molecular complexity index is 594. The van der Waals surface area contributed by atoms with Gasteiger partial charge < -0.3 is 0 Å². The first-order valence-corrected chi connectivity index (χ1v) is 5.65. The first kappa shape index (κ1) is 9.59. The summed E-state index contributed by atoms with van der Waals surface area (Å²) in [5.74, 6) is 1.01. The Morgan fingerprint density at radius 3 is 3.19 bits per heavy atom. The average Bonchev–Trinajstić information content (AvgIpc) is 2.65. The van der Waals surface area contributed by atoms with Gasteiger partial charge >= 0.3 is 0 Å². The second kappa shape index (κ2) is 3.45. The minimum atomic E-state index is 0.365. The van der Waals surface area contributed by atoms with E-state index in [1.165, 1.54) is 0 Å². The smallest absolute Gasteiger partial charge is 0.215 e. The summed E-state index contributed by atoms with van der Waals surface area (Å²) in [5, 5.41) is 6.92. The number of hydrogen-bond donors (Lipinski definition) is 1. The predicted octanol–water partition coefficient (Wildman–Crippen LogP) is 2.60. The van der Waals surface area contributed by atoms with Crippen molar-refractivity contribution in [3.8, 4) is 0 Å². The molecule has 1 aliphatic carbocycles. The van der Waals surface area contributed by atoms with Gasteiger partial charge in [-0.2, -0.15) is 10.1 Å². The highest BCUT2D eigenvalue weighted by Gasteiger charge is 2.28. The molecule has 2 heterocycles. The van der Waals surface area contributed by atoms with E-state index in [0.717, 1.165) is 23.4 Å². The summed E-state index contributed by atoms with van der Waals surface area (Å²) < 4.78 is 0.378. The van der Waals surface area contributed by atoms with Gasteiger partial charge in [0.25, 0.3) is 0 Å². The molecule has 0 spiro atoms. The minimum Gasteiger partial charge on any atom is -0.251 e. The number of aliphatic imine (C=N–C) groups is 1. The van der Waals surface area contributed by atoms with Crippen molar-refractivity contribution in [2.24, 2.45) is 10.9 Å². The Labute approximate surface area is 97.8 Å². The van der Waals surface area contributed by atoms with Gasteiger partial charge in [0.05, 0.1) is 5.71 Å². The fourth-order valence-corrected chi connectivity index (χ4v) is 2.17. The third-order valence-corrected chi connectivity index (χ3v) is 3.02. The lowest BCUT2D eigenvalue weighted by Gasteiger charge is -2.14. The van der Waals surface area contributed by atoms with Gasteiger partial charge in [0.1, 0.15) is 5.69 Å². The molecule has 16 heavy (non-hydrogen) atoms. The van der Waals surface area contributed by atoms with Crippen LogP contribution >= 0.6 is 12.2 Å². The fraction of sp³-hybridized carbons (Fsp3) is 0.273. The van der Waals surface area contributed by atoms with Gasteiger partial charge in [0, 0.05) is 11.5 Å². The van der Waals surface area contributed by atoms with Gasteiger partial charge in [0.2, 0.25) is 4.77 Å². The van der Waals surface area contributed by atoms with Crippen LogP contribution in [0.15, 0.2) is 23.2 Å². The highest BCUT2D eigenvalue weighted by molar-refractivity contribution is 7.71. The molecule has 1 N–H and O–H groups in total. The summed E-state index contributed by atoms with van der Waals surface area (Å²) in [5.41, 5.74) is 2.95. The maximum absolute atomic E-state index is 4.94. The molecule has 1 aromatic rings. The second-order valence-electron chi connectivity index (χ2n) is 3.79. The molecular weight excluding hydrogens is 220 g/mol. The second-order valence-corrected chi connectivity index (χ2v) is 4.18. The van der Waals surface area contributed by atoms with Crippen LogP contribution in [0.1, 0.15) is 19.0 Å². The summed E-state index contributed by atoms with van der Waals surface area (Å²) in [6.45, 7) is 2.15. The van der Waals surface area contributed by atoms with Crippen LogP contribution in [0, 0.1) is 10.7 Å². The zero-order chi connectivity index (χ0) is 11.1. The molecule has 3 rings (SSSR count). The summed E-state index contributed by atoms with van der Waals surface area (Å²) in [4.78, 5) is 8.71. The predicted molar refractivity (Wildman–Crippen MR) is 65.2 cm³/mol. The van der Waals surface area contributed by atoms with Gasteiger partial charge in [-0.1, -0.05) is 25.2 Å². The number of fused-ring (bicyclic) bond motifs is 3. The summed E-state index contributed by atoms with van der Waals surface area (Å²) in [6.07, 6.45) is 7.28. The molecule has 2 aliphatic rings. The third-order valence-electron chi connectivity index (χ3n) is 2.84. The quantitative estimate of drug-likeness (QED) is 0.754. The van der Waals surface area contributed by atoms with Crippen LogP contribution in [0.3, 0.4) is 0 Å². The summed E-state index contributed by atoms with van der Waals surface area (Å²) in [7, 11) is 0. The highest BCUT2D eigenvalue weighted by Crippen LogP contribution is 2.36. The molecule has 1 aromatic heterocycles. The van der Waals surface area contributed by atoms with Crippen molar-refractivity contribution in [1.29, 1.82) is 0 Å². The fourth-order valence-electron chi connectivity index (χ4n) is 2.04. The molecular formula is C11H10N4S. The van der Waals surface area contributed by atoms with E-state index in [1.54, 1.807) is 0 Å². The highest BCUT2D eigenvalue weighted by atomic mass is 32.1. The van der Waals surface area contributed by atoms with E-state index < -0.39 is 0 Å². The Kier molecular flexibility index (Phi) is 2.07. The lowest BCUT2D eigenvalue weighted by atomic mass is 9.90. The lowest BCUT2D eigenvalue weighted by Crippen LogP contribution is -2.13. The van der Waals surface area contributed by atoms with Gasteiger partial charge in [-0.05, 0) is 18.6 Å². The molecule has 0 aromatic carbocycles. The van der Waals surface area contributed by atoms with Crippen LogP contribution < -0.4 is 0 Å². The van der Waals surface area contributed by atoms with E-state index in [4.69, 9.17) is 12.2 Å². The zero-order valence-electron chi connectivity index (χ0n) is 8.77. The summed E-state index contributed by atoms with van der Waals surface area (Å²) >= 11 is 4.94. The topological polar surface area (TPSA) is 53.9 Å². The molecule has 1 aliphatic heterocycles. The monoisotopic (exact) mass is 230 g/mol. The van der Waals surface area contributed by atoms with Crippen LogP contribution in [0.25, 0.3) is 5.57 Å². The Morgan fingerprint density at radius 2 is 2.38 bits per heavy atom. The lowest BCUT2D eigenvalue weighted by molar-refractivity contribution is 0.819. The molecule has 80 valence electrons. The van der Waals surface area contributed by atoms with Crippen molar-refractivity contribution in [3.05, 3.63) is 28.7 Å². The molecule has 4 nitrogen and oxygen atoms in total. The number of H-pyrrole nitrogens is 1. The molecule has 0 saturated heterocycles. The van der Waals surface area contributed by atoms with Crippen LogP contribution in [0.4, 0.5) is 5.82 Å². The van der Waals surface area contributed by atoms with Crippen molar-refractivity contribution in [2.45, 2.75) is 13.3 Å². The third kappa shape index (κ3) is 1.28. The Hall–Kier alpha value is -1.62. The molecule has 5 heteroatoms. The minimum absolute atomic E-state index is 0.365. The van der Waals surface area contributed by atoms with Crippen molar-refractivity contribution in [3.63, 3.8) is 0 Å². The standard InChI is InChI=1S/C11H10N4S/c1-2-6-4-3-5-7-8(6)12-10-9(7)14-15-11(16)13-10/h3-6H,2H2,1H3,(H,13,15,16). The van der Waals surface area contributed by atoms with E-state index in [1.807, 2.05) is 6.08 Å². The van der Waals surface area contributed by atoms with Crippen LogP contribution in [0.5, 0.6) is 0 Å². The number of allylic oxidation sites excluding steroid dienone is 4. The van der Waals surface area contributed by atoms with E-state index in [-0.39, 0.29) is 0 Å². The Balaban J connectivity index is 2.19. The van der Waals surface area contributed by atoms with Crippen LogP contribution in [-0.4, -0.2) is 20.9 Å². The van der Waals surface area contributed by atoms with Crippen LogP contribution in [-0.2, 0) is 0 Å². The van der Waals surface area contributed by atoms with Gasteiger partial charge in [0.15, 0.2) is 5.82 Å². The van der Waals surface area contributed by atoms with Crippen LogP contribution in [0.2, 0.25) is 0 Å². The molecule has 0 saturated carbocycles. The van der Waals surface area contributed by atoms with Crippen molar-refractivity contribution < 1.29 is 0 Å². The number of nitrogens with zero attached hydrogens (tertiary/aromatic N) is 3. The maximum Gasteiger partial charge on any atom is 0.215 e. The largest absolute Gasteiger partial charge is 0.251 e. The van der Waals surface area contributed by atoms with Crippen molar-refractivity contribution in [1.82, 2.24) is 15.2 Å². The van der Waals surface area contributed by atoms with E-state index >= 15 is 0 Å². The Morgan fingerprint density at radius 1 is 1.50 bits per heavy atom.